The maximum atomic E-state index is 10.8. The van der Waals surface area contributed by atoms with Gasteiger partial charge in [0.15, 0.2) is 0 Å². The first-order chi connectivity index (χ1) is 6.09. The summed E-state index contributed by atoms with van der Waals surface area (Å²) in [5, 5.41) is -0.396. The standard InChI is InChI=1S/C6H8N2O4S/c9-13(10,11)5-6-8(4-7-5)2-1-3-12-6/h4H,1-3H2,(H,9,10,11). The SMILES string of the molecule is O=S(=O)(O)c1ncn2c1OCCC2. The third kappa shape index (κ3) is 1.40. The third-order valence-electron chi connectivity index (χ3n) is 1.78. The summed E-state index contributed by atoms with van der Waals surface area (Å²) in [6.45, 7) is 1.12. The van der Waals surface area contributed by atoms with E-state index in [0.29, 0.717) is 13.2 Å². The van der Waals surface area contributed by atoms with Gasteiger partial charge in [-0.25, -0.2) is 4.98 Å². The van der Waals surface area contributed by atoms with E-state index in [2.05, 4.69) is 4.98 Å². The van der Waals surface area contributed by atoms with E-state index < -0.39 is 15.1 Å². The van der Waals surface area contributed by atoms with Gasteiger partial charge in [-0.15, -0.1) is 0 Å². The summed E-state index contributed by atoms with van der Waals surface area (Å²) in [6.07, 6.45) is 2.16. The number of hydrogen-bond donors (Lipinski definition) is 1. The molecule has 0 amide bonds. The van der Waals surface area contributed by atoms with Crippen molar-refractivity contribution in [3.8, 4) is 5.88 Å². The number of fused-ring (bicyclic) bond motifs is 1. The van der Waals surface area contributed by atoms with E-state index in [0.717, 1.165) is 6.42 Å². The van der Waals surface area contributed by atoms with Gasteiger partial charge in [-0.2, -0.15) is 8.42 Å². The number of aryl methyl sites for hydroxylation is 1. The maximum absolute atomic E-state index is 10.8. The highest BCUT2D eigenvalue weighted by molar-refractivity contribution is 7.85. The molecule has 0 bridgehead atoms. The van der Waals surface area contributed by atoms with Crippen LogP contribution in [0, 0.1) is 0 Å². The Kier molecular flexibility index (Phi) is 1.77. The van der Waals surface area contributed by atoms with E-state index in [1.807, 2.05) is 0 Å². The van der Waals surface area contributed by atoms with Gasteiger partial charge < -0.3 is 9.30 Å². The second-order valence-corrected chi connectivity index (χ2v) is 4.06. The van der Waals surface area contributed by atoms with Crippen molar-refractivity contribution in [1.29, 1.82) is 0 Å². The van der Waals surface area contributed by atoms with Crippen LogP contribution in [-0.2, 0) is 16.7 Å². The Labute approximate surface area is 74.9 Å². The lowest BCUT2D eigenvalue weighted by Gasteiger charge is -2.15. The first-order valence-corrected chi connectivity index (χ1v) is 5.18. The van der Waals surface area contributed by atoms with E-state index in [1.165, 1.54) is 6.33 Å². The Bertz CT molecular complexity index is 422. The monoisotopic (exact) mass is 204 g/mol. The highest BCUT2D eigenvalue weighted by atomic mass is 32.2. The summed E-state index contributed by atoms with van der Waals surface area (Å²) in [7, 11) is -4.26. The van der Waals surface area contributed by atoms with Gasteiger partial charge >= 0.3 is 10.1 Å². The van der Waals surface area contributed by atoms with E-state index in [-0.39, 0.29) is 5.88 Å². The summed E-state index contributed by atoms with van der Waals surface area (Å²) in [6, 6.07) is 0. The van der Waals surface area contributed by atoms with Crippen molar-refractivity contribution < 1.29 is 17.7 Å². The highest BCUT2D eigenvalue weighted by Crippen LogP contribution is 2.25. The molecule has 0 unspecified atom stereocenters. The van der Waals surface area contributed by atoms with Crippen molar-refractivity contribution in [1.82, 2.24) is 9.55 Å². The lowest BCUT2D eigenvalue weighted by atomic mass is 10.4. The van der Waals surface area contributed by atoms with Crippen molar-refractivity contribution in [3.05, 3.63) is 6.33 Å². The molecule has 0 radical (unpaired) electrons. The Morgan fingerprint density at radius 1 is 1.62 bits per heavy atom. The summed E-state index contributed by atoms with van der Waals surface area (Å²) in [4.78, 5) is 3.57. The van der Waals surface area contributed by atoms with Crippen molar-refractivity contribution in [2.24, 2.45) is 0 Å². The molecule has 72 valence electrons. The molecule has 0 aliphatic carbocycles. The summed E-state index contributed by atoms with van der Waals surface area (Å²) < 4.78 is 36.9. The average molecular weight is 204 g/mol. The molecule has 2 rings (SSSR count). The topological polar surface area (TPSA) is 81.4 Å². The first kappa shape index (κ1) is 8.52. The molecule has 0 fully saturated rings. The molecule has 1 aromatic heterocycles. The van der Waals surface area contributed by atoms with Crippen LogP contribution >= 0.6 is 0 Å². The van der Waals surface area contributed by atoms with E-state index in [9.17, 15) is 8.42 Å². The number of ether oxygens (including phenoxy) is 1. The molecule has 6 nitrogen and oxygen atoms in total. The maximum Gasteiger partial charge on any atom is 0.317 e. The smallest absolute Gasteiger partial charge is 0.317 e. The molecule has 1 aromatic rings. The van der Waals surface area contributed by atoms with E-state index >= 15 is 0 Å². The number of imidazole rings is 1. The second kappa shape index (κ2) is 2.71. The first-order valence-electron chi connectivity index (χ1n) is 3.74. The van der Waals surface area contributed by atoms with Gasteiger partial charge in [0.1, 0.15) is 0 Å². The zero-order chi connectivity index (χ0) is 9.47. The minimum absolute atomic E-state index is 0.133. The van der Waals surface area contributed by atoms with Gasteiger partial charge in [-0.05, 0) is 6.42 Å². The molecule has 0 atom stereocenters. The number of nitrogens with zero attached hydrogens (tertiary/aromatic N) is 2. The fourth-order valence-electron chi connectivity index (χ4n) is 1.24. The van der Waals surface area contributed by atoms with Crippen LogP contribution in [0.25, 0.3) is 0 Å². The average Bonchev–Trinajstić information content (AvgIpc) is 2.45. The van der Waals surface area contributed by atoms with Crippen LogP contribution in [-0.4, -0.2) is 29.1 Å². The van der Waals surface area contributed by atoms with Gasteiger partial charge in [-0.1, -0.05) is 0 Å². The molecule has 7 heteroatoms. The molecule has 13 heavy (non-hydrogen) atoms. The molecule has 1 aliphatic rings. The lowest BCUT2D eigenvalue weighted by Crippen LogP contribution is -2.14. The van der Waals surface area contributed by atoms with Crippen molar-refractivity contribution in [2.75, 3.05) is 6.61 Å². The normalized spacial score (nSPS) is 16.4. The van der Waals surface area contributed by atoms with Crippen LogP contribution in [0.1, 0.15) is 6.42 Å². The van der Waals surface area contributed by atoms with Crippen LogP contribution < -0.4 is 4.74 Å². The summed E-state index contributed by atoms with van der Waals surface area (Å²) in [5.41, 5.74) is 0. The third-order valence-corrected chi connectivity index (χ3v) is 2.55. The van der Waals surface area contributed by atoms with Crippen molar-refractivity contribution in [2.45, 2.75) is 18.0 Å². The van der Waals surface area contributed by atoms with Gasteiger partial charge in [0.2, 0.25) is 10.9 Å². The van der Waals surface area contributed by atoms with E-state index in [4.69, 9.17) is 9.29 Å². The van der Waals surface area contributed by atoms with Crippen LogP contribution in [0.5, 0.6) is 5.88 Å². The summed E-state index contributed by atoms with van der Waals surface area (Å²) >= 11 is 0. The van der Waals surface area contributed by atoms with Gasteiger partial charge in [0, 0.05) is 6.54 Å². The Morgan fingerprint density at radius 3 is 3.08 bits per heavy atom. The molecular weight excluding hydrogens is 196 g/mol. The number of aromatic nitrogens is 2. The molecular formula is C6H8N2O4S. The molecule has 1 N–H and O–H groups in total. The molecule has 0 aromatic carbocycles. The second-order valence-electron chi connectivity index (χ2n) is 2.73. The Morgan fingerprint density at radius 2 is 2.38 bits per heavy atom. The Hall–Kier alpha value is -1.08. The molecule has 0 spiro atoms. The quantitative estimate of drug-likeness (QED) is 0.646. The zero-order valence-corrected chi connectivity index (χ0v) is 7.49. The number of rotatable bonds is 1. The minimum Gasteiger partial charge on any atom is -0.477 e. The van der Waals surface area contributed by atoms with Crippen LogP contribution in [0.15, 0.2) is 11.4 Å². The van der Waals surface area contributed by atoms with Gasteiger partial charge in [-0.3, -0.25) is 4.55 Å². The summed E-state index contributed by atoms with van der Waals surface area (Å²) in [5.74, 6) is 0.133. The fourth-order valence-corrected chi connectivity index (χ4v) is 1.81. The fraction of sp³-hybridized carbons (Fsp3) is 0.500. The van der Waals surface area contributed by atoms with Crippen LogP contribution in [0.4, 0.5) is 0 Å². The predicted octanol–water partition coefficient (Wildman–Crippen LogP) is -0.0877. The highest BCUT2D eigenvalue weighted by Gasteiger charge is 2.24. The van der Waals surface area contributed by atoms with Crippen LogP contribution in [0.3, 0.4) is 0 Å². The zero-order valence-electron chi connectivity index (χ0n) is 6.67. The van der Waals surface area contributed by atoms with Crippen LogP contribution in [0.2, 0.25) is 0 Å². The minimum atomic E-state index is -4.26. The molecule has 1 aliphatic heterocycles. The molecule has 2 heterocycles. The molecule has 0 saturated heterocycles. The Balaban J connectivity index is 2.55. The molecule has 0 saturated carbocycles. The van der Waals surface area contributed by atoms with Gasteiger partial charge in [0.05, 0.1) is 12.9 Å². The number of hydrogen-bond acceptors (Lipinski definition) is 4. The predicted molar refractivity (Wildman–Crippen MR) is 42.2 cm³/mol. The van der Waals surface area contributed by atoms with Crippen molar-refractivity contribution in [3.63, 3.8) is 0 Å². The lowest BCUT2D eigenvalue weighted by molar-refractivity contribution is 0.233. The van der Waals surface area contributed by atoms with Crippen molar-refractivity contribution >= 4 is 10.1 Å². The van der Waals surface area contributed by atoms with Gasteiger partial charge in [0.25, 0.3) is 0 Å². The largest absolute Gasteiger partial charge is 0.477 e. The van der Waals surface area contributed by atoms with E-state index in [1.54, 1.807) is 4.57 Å².